The Morgan fingerprint density at radius 1 is 0.619 bits per heavy atom. The molecule has 0 bridgehead atoms. The summed E-state index contributed by atoms with van der Waals surface area (Å²) in [4.78, 5) is 9.55. The summed E-state index contributed by atoms with van der Waals surface area (Å²) in [5.74, 6) is 1.63. The van der Waals surface area contributed by atoms with Crippen LogP contribution in [0, 0.1) is 0 Å². The maximum Gasteiger partial charge on any atom is 0.182 e. The molecule has 0 atom stereocenters. The maximum absolute atomic E-state index is 6.56. The predicted molar refractivity (Wildman–Crippen MR) is 175 cm³/mol. The highest BCUT2D eigenvalue weighted by atomic mass is 28.3. The molecule has 0 fully saturated rings. The number of hydrogen-bond acceptors (Lipinski definition) is 4. The van der Waals surface area contributed by atoms with Crippen molar-refractivity contribution in [2.75, 3.05) is 23.5 Å². The summed E-state index contributed by atoms with van der Waals surface area (Å²) in [5, 5.41) is 5.41. The molecule has 4 nitrogen and oxygen atoms in total. The quantitative estimate of drug-likeness (QED) is 0.250. The lowest BCUT2D eigenvalue weighted by atomic mass is 10.1. The van der Waals surface area contributed by atoms with E-state index in [1.807, 2.05) is 12.3 Å². The van der Waals surface area contributed by atoms with Gasteiger partial charge < -0.3 is 14.5 Å². The third-order valence-electron chi connectivity index (χ3n) is 8.58. The molecule has 8 rings (SSSR count). The summed E-state index contributed by atoms with van der Waals surface area (Å²) in [7, 11) is -0.408. The molecule has 6 aromatic rings. The lowest BCUT2D eigenvalue weighted by Gasteiger charge is -2.31. The molecule has 3 heterocycles. The van der Waals surface area contributed by atoms with Crippen LogP contribution in [0.4, 0.5) is 17.1 Å². The number of pyridine rings is 1. The average Bonchev–Trinajstić information content (AvgIpc) is 3.55. The highest BCUT2D eigenvalue weighted by Crippen LogP contribution is 2.41. The standard InChI is InChI=1S/C37H29N3OSi/c1-39-26-40(34-19-9-8-18-33(34)39)27-12-10-13-28(24-27)41-29-21-22-35-32(25-29)37-36(20-11-23-38-37)42(35,30-14-4-2-5-15-30)31-16-6-3-7-17-31/h2-25H,26H2,1H3. The zero-order valence-corrected chi connectivity index (χ0v) is 24.3. The van der Waals surface area contributed by atoms with E-state index in [9.17, 15) is 0 Å². The van der Waals surface area contributed by atoms with E-state index in [-0.39, 0.29) is 0 Å². The zero-order chi connectivity index (χ0) is 28.1. The number of rotatable bonds is 5. The van der Waals surface area contributed by atoms with Gasteiger partial charge >= 0.3 is 0 Å². The monoisotopic (exact) mass is 559 g/mol. The molecule has 2 aliphatic heterocycles. The second-order valence-corrected chi connectivity index (χ2v) is 14.7. The van der Waals surface area contributed by atoms with Gasteiger partial charge in [0.15, 0.2) is 8.07 Å². The summed E-state index contributed by atoms with van der Waals surface area (Å²) in [6, 6.07) is 49.8. The van der Waals surface area contributed by atoms with Crippen molar-refractivity contribution in [1.29, 1.82) is 0 Å². The Morgan fingerprint density at radius 2 is 1.31 bits per heavy atom. The normalized spacial score (nSPS) is 14.3. The number of aromatic nitrogens is 1. The molecule has 202 valence electrons. The van der Waals surface area contributed by atoms with Gasteiger partial charge in [-0.2, -0.15) is 0 Å². The minimum Gasteiger partial charge on any atom is -0.457 e. The van der Waals surface area contributed by atoms with Crippen molar-refractivity contribution in [2.24, 2.45) is 0 Å². The number of ether oxygens (including phenoxy) is 1. The Kier molecular flexibility index (Phi) is 5.72. The first-order valence-electron chi connectivity index (χ1n) is 14.3. The van der Waals surface area contributed by atoms with Crippen LogP contribution in [-0.2, 0) is 0 Å². The van der Waals surface area contributed by atoms with E-state index in [4.69, 9.17) is 9.72 Å². The zero-order valence-electron chi connectivity index (χ0n) is 23.3. The Balaban J connectivity index is 1.22. The van der Waals surface area contributed by atoms with Gasteiger partial charge in [0.1, 0.15) is 11.5 Å². The molecule has 0 spiro atoms. The van der Waals surface area contributed by atoms with E-state index in [0.29, 0.717) is 0 Å². The summed E-state index contributed by atoms with van der Waals surface area (Å²) in [5.41, 5.74) is 5.77. The third-order valence-corrected chi connectivity index (χ3v) is 13.4. The van der Waals surface area contributed by atoms with Crippen LogP contribution in [-0.4, -0.2) is 26.8 Å². The number of nitrogens with zero attached hydrogens (tertiary/aromatic N) is 3. The van der Waals surface area contributed by atoms with E-state index >= 15 is 0 Å². The lowest BCUT2D eigenvalue weighted by molar-refractivity contribution is 0.483. The van der Waals surface area contributed by atoms with E-state index < -0.39 is 8.07 Å². The van der Waals surface area contributed by atoms with Crippen LogP contribution in [0.5, 0.6) is 11.5 Å². The molecule has 2 aliphatic rings. The van der Waals surface area contributed by atoms with Crippen LogP contribution in [0.25, 0.3) is 11.3 Å². The van der Waals surface area contributed by atoms with Crippen LogP contribution in [0.15, 0.2) is 146 Å². The molecule has 0 saturated carbocycles. The fourth-order valence-electron chi connectivity index (χ4n) is 6.79. The number of para-hydroxylation sites is 2. The van der Waals surface area contributed by atoms with E-state index in [0.717, 1.165) is 35.1 Å². The minimum atomic E-state index is -2.54. The maximum atomic E-state index is 6.56. The molecule has 0 N–H and O–H groups in total. The van der Waals surface area contributed by atoms with Crippen LogP contribution >= 0.6 is 0 Å². The van der Waals surface area contributed by atoms with Crippen molar-refractivity contribution >= 4 is 45.9 Å². The first kappa shape index (κ1) is 24.6. The van der Waals surface area contributed by atoms with Gasteiger partial charge in [0.05, 0.1) is 23.7 Å². The fraction of sp³-hybridized carbons (Fsp3) is 0.0541. The molecule has 0 amide bonds. The van der Waals surface area contributed by atoms with Crippen molar-refractivity contribution in [3.8, 4) is 22.8 Å². The van der Waals surface area contributed by atoms with Crippen LogP contribution in [0.3, 0.4) is 0 Å². The first-order valence-corrected chi connectivity index (χ1v) is 16.3. The first-order chi connectivity index (χ1) is 20.7. The van der Waals surface area contributed by atoms with Crippen molar-refractivity contribution < 1.29 is 4.74 Å². The Hall–Kier alpha value is -5.13. The minimum absolute atomic E-state index is 0.801. The Morgan fingerprint density at radius 3 is 2.07 bits per heavy atom. The summed E-state index contributed by atoms with van der Waals surface area (Å²) >= 11 is 0. The van der Waals surface area contributed by atoms with Gasteiger partial charge in [0.25, 0.3) is 0 Å². The Labute approximate surface area is 247 Å². The molecule has 5 heteroatoms. The van der Waals surface area contributed by atoms with Crippen LogP contribution in [0.2, 0.25) is 0 Å². The fourth-order valence-corrected chi connectivity index (χ4v) is 11.9. The van der Waals surface area contributed by atoms with Gasteiger partial charge in [-0.05, 0) is 63.2 Å². The third kappa shape index (κ3) is 3.71. The molecule has 1 aromatic heterocycles. The number of fused-ring (bicyclic) bond motifs is 4. The SMILES string of the molecule is CN1CN(c2cccc(Oc3ccc4c(c3)-c3ncccc3[Si]4(c3ccccc3)c3ccccc3)c2)c2ccccc21. The number of anilines is 3. The van der Waals surface area contributed by atoms with Gasteiger partial charge in [-0.1, -0.05) is 91.0 Å². The number of hydrogen-bond donors (Lipinski definition) is 0. The average molecular weight is 560 g/mol. The van der Waals surface area contributed by atoms with E-state index in [1.54, 1.807) is 0 Å². The summed E-state index contributed by atoms with van der Waals surface area (Å²) < 4.78 is 6.56. The van der Waals surface area contributed by atoms with Gasteiger partial charge in [0.2, 0.25) is 0 Å². The number of benzene rings is 5. The second kappa shape index (κ2) is 9.75. The van der Waals surface area contributed by atoms with Crippen molar-refractivity contribution in [1.82, 2.24) is 4.98 Å². The lowest BCUT2D eigenvalue weighted by Crippen LogP contribution is -2.72. The summed E-state index contributed by atoms with van der Waals surface area (Å²) in [6.45, 7) is 0.801. The van der Waals surface area contributed by atoms with Crippen molar-refractivity contribution in [2.45, 2.75) is 0 Å². The van der Waals surface area contributed by atoms with Crippen LogP contribution < -0.4 is 35.3 Å². The second-order valence-electron chi connectivity index (χ2n) is 10.9. The Bertz CT molecular complexity index is 1890. The van der Waals surface area contributed by atoms with E-state index in [2.05, 4.69) is 150 Å². The van der Waals surface area contributed by atoms with Gasteiger partial charge in [0, 0.05) is 30.6 Å². The molecular weight excluding hydrogens is 531 g/mol. The highest BCUT2D eigenvalue weighted by Gasteiger charge is 2.49. The molecule has 0 saturated heterocycles. The largest absolute Gasteiger partial charge is 0.457 e. The molecule has 0 unspecified atom stereocenters. The van der Waals surface area contributed by atoms with Crippen LogP contribution in [0.1, 0.15) is 0 Å². The van der Waals surface area contributed by atoms with Crippen molar-refractivity contribution in [3.63, 3.8) is 0 Å². The predicted octanol–water partition coefficient (Wildman–Crippen LogP) is 5.78. The van der Waals surface area contributed by atoms with Gasteiger partial charge in [-0.25, -0.2) is 0 Å². The molecule has 0 aliphatic carbocycles. The molecular formula is C37H29N3OSi. The van der Waals surface area contributed by atoms with Gasteiger partial charge in [-0.15, -0.1) is 0 Å². The topological polar surface area (TPSA) is 28.6 Å². The van der Waals surface area contributed by atoms with E-state index in [1.165, 1.54) is 32.1 Å². The van der Waals surface area contributed by atoms with Crippen molar-refractivity contribution in [3.05, 3.63) is 146 Å². The molecule has 42 heavy (non-hydrogen) atoms. The van der Waals surface area contributed by atoms with Gasteiger partial charge in [-0.3, -0.25) is 4.98 Å². The molecule has 0 radical (unpaired) electrons. The highest BCUT2D eigenvalue weighted by molar-refractivity contribution is 7.22. The summed E-state index contributed by atoms with van der Waals surface area (Å²) in [6.07, 6.45) is 1.91. The molecule has 5 aromatic carbocycles. The smallest absolute Gasteiger partial charge is 0.182 e.